The molecule has 2 N–H and O–H groups in total. The number of para-hydroxylation sites is 1. The zero-order valence-corrected chi connectivity index (χ0v) is 16.3. The van der Waals surface area contributed by atoms with Gasteiger partial charge in [-0.2, -0.15) is 0 Å². The molecule has 0 saturated heterocycles. The predicted octanol–water partition coefficient (Wildman–Crippen LogP) is 4.72. The molecule has 3 aromatic rings. The van der Waals surface area contributed by atoms with Gasteiger partial charge >= 0.3 is 0 Å². The maximum atomic E-state index is 12.3. The molecule has 0 aliphatic carbocycles. The van der Waals surface area contributed by atoms with Crippen LogP contribution in [0.1, 0.15) is 27.0 Å². The van der Waals surface area contributed by atoms with Crippen LogP contribution < -0.4 is 10.6 Å². The van der Waals surface area contributed by atoms with Gasteiger partial charge in [-0.3, -0.25) is 9.59 Å². The summed E-state index contributed by atoms with van der Waals surface area (Å²) in [6.45, 7) is 4.01. The Labute approximate surface area is 160 Å². The van der Waals surface area contributed by atoms with Crippen LogP contribution in [-0.2, 0) is 11.2 Å². The molecule has 0 bridgehead atoms. The van der Waals surface area contributed by atoms with Gasteiger partial charge in [-0.25, -0.2) is 0 Å². The van der Waals surface area contributed by atoms with Gasteiger partial charge in [0.1, 0.15) is 0 Å². The van der Waals surface area contributed by atoms with Crippen LogP contribution in [0, 0.1) is 6.92 Å². The highest BCUT2D eigenvalue weighted by molar-refractivity contribution is 7.14. The molecular weight excluding hydrogens is 364 g/mol. The van der Waals surface area contributed by atoms with Crippen LogP contribution in [0.25, 0.3) is 10.4 Å². The number of carbonyl (C=O) groups is 2. The fourth-order valence-electron chi connectivity index (χ4n) is 2.66. The minimum atomic E-state index is -0.244. The Morgan fingerprint density at radius 3 is 2.62 bits per heavy atom. The number of benzene rings is 1. The first kappa shape index (κ1) is 18.4. The Kier molecular flexibility index (Phi) is 5.85. The number of nitrogens with one attached hydrogen (secondary N) is 2. The minimum absolute atomic E-state index is 0.0595. The number of amides is 2. The van der Waals surface area contributed by atoms with Gasteiger partial charge in [0.2, 0.25) is 5.91 Å². The average Bonchev–Trinajstić information content (AvgIpc) is 3.29. The van der Waals surface area contributed by atoms with E-state index >= 15 is 0 Å². The van der Waals surface area contributed by atoms with Gasteiger partial charge in [0, 0.05) is 21.0 Å². The van der Waals surface area contributed by atoms with Crippen molar-refractivity contribution >= 4 is 40.2 Å². The zero-order chi connectivity index (χ0) is 18.5. The van der Waals surface area contributed by atoms with Gasteiger partial charge in [0.15, 0.2) is 0 Å². The van der Waals surface area contributed by atoms with E-state index in [-0.39, 0.29) is 18.4 Å². The molecule has 0 radical (unpaired) electrons. The summed E-state index contributed by atoms with van der Waals surface area (Å²) in [6.07, 6.45) is 0.907. The standard InChI is InChI=1S/C20H20N2O2S2/c1-3-16-13(2)11-18(26-16)20(24)21-12-19(23)22-15-8-5-4-7-14(15)17-9-6-10-25-17/h4-11H,3,12H2,1-2H3,(H,21,24)(H,22,23). The van der Waals surface area contributed by atoms with E-state index in [0.717, 1.165) is 28.1 Å². The van der Waals surface area contributed by atoms with E-state index in [4.69, 9.17) is 0 Å². The Bertz CT molecular complexity index is 914. The molecule has 1 aromatic carbocycles. The lowest BCUT2D eigenvalue weighted by atomic mass is 10.1. The smallest absolute Gasteiger partial charge is 0.261 e. The molecule has 0 saturated carbocycles. The SMILES string of the molecule is CCc1sc(C(=O)NCC(=O)Nc2ccccc2-c2cccs2)cc1C. The van der Waals surface area contributed by atoms with Crippen molar-refractivity contribution in [2.75, 3.05) is 11.9 Å². The van der Waals surface area contributed by atoms with E-state index in [1.807, 2.05) is 54.8 Å². The highest BCUT2D eigenvalue weighted by Crippen LogP contribution is 2.31. The third kappa shape index (κ3) is 4.20. The highest BCUT2D eigenvalue weighted by Gasteiger charge is 2.14. The van der Waals surface area contributed by atoms with Gasteiger partial charge in [-0.15, -0.1) is 22.7 Å². The number of aryl methyl sites for hydroxylation is 2. The summed E-state index contributed by atoms with van der Waals surface area (Å²) in [5.74, 6) is -0.453. The van der Waals surface area contributed by atoms with Crippen LogP contribution in [0.2, 0.25) is 0 Å². The second kappa shape index (κ2) is 8.29. The van der Waals surface area contributed by atoms with Gasteiger partial charge in [-0.05, 0) is 42.5 Å². The summed E-state index contributed by atoms with van der Waals surface area (Å²) in [4.78, 5) is 27.5. The number of thiophene rings is 2. The molecule has 2 aromatic heterocycles. The molecule has 134 valence electrons. The molecule has 2 amide bonds. The second-order valence-electron chi connectivity index (χ2n) is 5.82. The zero-order valence-electron chi connectivity index (χ0n) is 14.7. The van der Waals surface area contributed by atoms with Gasteiger partial charge in [-0.1, -0.05) is 31.2 Å². The first-order valence-electron chi connectivity index (χ1n) is 8.38. The van der Waals surface area contributed by atoms with Gasteiger partial charge in [0.25, 0.3) is 5.91 Å². The molecule has 0 spiro atoms. The molecule has 0 unspecified atom stereocenters. The summed E-state index contributed by atoms with van der Waals surface area (Å²) >= 11 is 3.10. The van der Waals surface area contributed by atoms with Crippen molar-refractivity contribution in [3.05, 3.63) is 63.2 Å². The molecule has 6 heteroatoms. The average molecular weight is 385 g/mol. The first-order chi connectivity index (χ1) is 12.6. The maximum Gasteiger partial charge on any atom is 0.261 e. The summed E-state index contributed by atoms with van der Waals surface area (Å²) in [6, 6.07) is 13.5. The minimum Gasteiger partial charge on any atom is -0.342 e. The molecule has 0 atom stereocenters. The number of carbonyl (C=O) groups excluding carboxylic acids is 2. The predicted molar refractivity (Wildman–Crippen MR) is 109 cm³/mol. The molecule has 26 heavy (non-hydrogen) atoms. The molecule has 0 aliphatic rings. The summed E-state index contributed by atoms with van der Waals surface area (Å²) in [7, 11) is 0. The molecule has 4 nitrogen and oxygen atoms in total. The highest BCUT2D eigenvalue weighted by atomic mass is 32.1. The van der Waals surface area contributed by atoms with Crippen LogP contribution >= 0.6 is 22.7 Å². The van der Waals surface area contributed by atoms with Crippen molar-refractivity contribution in [2.24, 2.45) is 0 Å². The quantitative estimate of drug-likeness (QED) is 0.646. The van der Waals surface area contributed by atoms with Crippen molar-refractivity contribution in [3.8, 4) is 10.4 Å². The lowest BCUT2D eigenvalue weighted by molar-refractivity contribution is -0.115. The fourth-order valence-corrected chi connectivity index (χ4v) is 4.46. The van der Waals surface area contributed by atoms with E-state index in [1.54, 1.807) is 11.3 Å². The van der Waals surface area contributed by atoms with E-state index < -0.39 is 0 Å². The van der Waals surface area contributed by atoms with Crippen molar-refractivity contribution < 1.29 is 9.59 Å². The Balaban J connectivity index is 1.62. The van der Waals surface area contributed by atoms with Crippen LogP contribution in [-0.4, -0.2) is 18.4 Å². The number of rotatable bonds is 6. The van der Waals surface area contributed by atoms with Crippen molar-refractivity contribution in [1.29, 1.82) is 0 Å². The van der Waals surface area contributed by atoms with Crippen molar-refractivity contribution in [2.45, 2.75) is 20.3 Å². The summed E-state index contributed by atoms with van der Waals surface area (Å²) in [5.41, 5.74) is 2.84. The Hall–Kier alpha value is -2.44. The molecule has 0 aliphatic heterocycles. The normalized spacial score (nSPS) is 10.5. The molecule has 0 fully saturated rings. The third-order valence-corrected chi connectivity index (χ3v) is 6.25. The van der Waals surface area contributed by atoms with Crippen molar-refractivity contribution in [3.63, 3.8) is 0 Å². The number of hydrogen-bond donors (Lipinski definition) is 2. The van der Waals surface area contributed by atoms with Crippen LogP contribution in [0.4, 0.5) is 5.69 Å². The van der Waals surface area contributed by atoms with Gasteiger partial charge < -0.3 is 10.6 Å². The Morgan fingerprint density at radius 1 is 1.12 bits per heavy atom. The first-order valence-corrected chi connectivity index (χ1v) is 10.1. The van der Waals surface area contributed by atoms with Crippen LogP contribution in [0.5, 0.6) is 0 Å². The molecular formula is C20H20N2O2S2. The van der Waals surface area contributed by atoms with Gasteiger partial charge in [0.05, 0.1) is 11.4 Å². The lowest BCUT2D eigenvalue weighted by Gasteiger charge is -2.10. The third-order valence-electron chi connectivity index (χ3n) is 3.96. The molecule has 2 heterocycles. The van der Waals surface area contributed by atoms with Crippen molar-refractivity contribution in [1.82, 2.24) is 5.32 Å². The van der Waals surface area contributed by atoms with Crippen LogP contribution in [0.3, 0.4) is 0 Å². The van der Waals surface area contributed by atoms with Crippen LogP contribution in [0.15, 0.2) is 47.8 Å². The van der Waals surface area contributed by atoms with E-state index in [2.05, 4.69) is 17.6 Å². The largest absolute Gasteiger partial charge is 0.342 e. The topological polar surface area (TPSA) is 58.2 Å². The van der Waals surface area contributed by atoms with E-state index in [9.17, 15) is 9.59 Å². The number of hydrogen-bond acceptors (Lipinski definition) is 4. The van der Waals surface area contributed by atoms with E-state index in [0.29, 0.717) is 4.88 Å². The Morgan fingerprint density at radius 2 is 1.92 bits per heavy atom. The summed E-state index contributed by atoms with van der Waals surface area (Å²) < 4.78 is 0. The number of anilines is 1. The lowest BCUT2D eigenvalue weighted by Crippen LogP contribution is -2.32. The van der Waals surface area contributed by atoms with E-state index in [1.165, 1.54) is 16.2 Å². The summed E-state index contributed by atoms with van der Waals surface area (Å²) in [5, 5.41) is 7.59. The fraction of sp³-hybridized carbons (Fsp3) is 0.200. The maximum absolute atomic E-state index is 12.3. The molecule has 3 rings (SSSR count). The second-order valence-corrected chi connectivity index (χ2v) is 7.91. The monoisotopic (exact) mass is 384 g/mol.